The molecule has 2 fully saturated rings. The number of nitriles is 1. The summed E-state index contributed by atoms with van der Waals surface area (Å²) in [6.07, 6.45) is 5.67. The molecule has 0 bridgehead atoms. The van der Waals surface area contributed by atoms with Crippen LogP contribution in [0.5, 0.6) is 0 Å². The number of nitrogens with zero attached hydrogens (tertiary/aromatic N) is 3. The molecule has 0 unspecified atom stereocenters. The number of likely N-dealkylation sites (tertiary alicyclic amines) is 1. The van der Waals surface area contributed by atoms with E-state index in [1.165, 1.54) is 19.3 Å². The fraction of sp³-hybridized carbons (Fsp3) is 0.471. The fourth-order valence-corrected chi connectivity index (χ4v) is 3.24. The third kappa shape index (κ3) is 2.96. The second-order valence-corrected chi connectivity index (χ2v) is 5.91. The second-order valence-electron chi connectivity index (χ2n) is 5.91. The molecule has 1 atom stereocenters. The first-order chi connectivity index (χ1) is 10.8. The molecular formula is C17H20N4O. The summed E-state index contributed by atoms with van der Waals surface area (Å²) in [6.45, 7) is 0.481. The molecule has 114 valence electrons. The van der Waals surface area contributed by atoms with Crippen LogP contribution in [-0.4, -0.2) is 29.1 Å². The first-order valence-electron chi connectivity index (χ1n) is 7.89. The number of anilines is 1. The summed E-state index contributed by atoms with van der Waals surface area (Å²) in [4.78, 5) is 14.5. The molecule has 0 radical (unpaired) electrons. The van der Waals surface area contributed by atoms with E-state index < -0.39 is 5.92 Å². The minimum Gasteiger partial charge on any atom is -0.333 e. The highest BCUT2D eigenvalue weighted by molar-refractivity contribution is 6.42. The van der Waals surface area contributed by atoms with Gasteiger partial charge >= 0.3 is 0 Å². The molecule has 1 aliphatic carbocycles. The molecule has 0 spiro atoms. The molecule has 22 heavy (non-hydrogen) atoms. The molecule has 2 aliphatic rings. The zero-order valence-electron chi connectivity index (χ0n) is 12.5. The Morgan fingerprint density at radius 2 is 1.91 bits per heavy atom. The lowest BCUT2D eigenvalue weighted by molar-refractivity contribution is -0.125. The van der Waals surface area contributed by atoms with Gasteiger partial charge in [-0.3, -0.25) is 10.2 Å². The smallest absolute Gasteiger partial charge is 0.271 e. The van der Waals surface area contributed by atoms with Crippen LogP contribution in [0.15, 0.2) is 35.4 Å². The number of benzene rings is 1. The predicted molar refractivity (Wildman–Crippen MR) is 85.2 cm³/mol. The summed E-state index contributed by atoms with van der Waals surface area (Å²) >= 11 is 0. The molecule has 1 aromatic rings. The number of carbonyl (C=O) groups is 1. The monoisotopic (exact) mass is 296 g/mol. The van der Waals surface area contributed by atoms with Crippen molar-refractivity contribution >= 4 is 17.3 Å². The molecular weight excluding hydrogens is 276 g/mol. The Morgan fingerprint density at radius 3 is 2.59 bits per heavy atom. The van der Waals surface area contributed by atoms with E-state index >= 15 is 0 Å². The highest BCUT2D eigenvalue weighted by Crippen LogP contribution is 2.27. The van der Waals surface area contributed by atoms with Gasteiger partial charge < -0.3 is 4.90 Å². The lowest BCUT2D eigenvalue weighted by Crippen LogP contribution is -2.39. The summed E-state index contributed by atoms with van der Waals surface area (Å²) in [5, 5.41) is 13.6. The van der Waals surface area contributed by atoms with E-state index in [-0.39, 0.29) is 11.9 Å². The Labute approximate surface area is 130 Å². The maximum absolute atomic E-state index is 12.6. The Balaban J connectivity index is 1.75. The van der Waals surface area contributed by atoms with Crippen LogP contribution in [0, 0.1) is 17.2 Å². The van der Waals surface area contributed by atoms with Crippen molar-refractivity contribution in [2.24, 2.45) is 11.0 Å². The highest BCUT2D eigenvalue weighted by atomic mass is 16.2. The predicted octanol–water partition coefficient (Wildman–Crippen LogP) is 2.77. The van der Waals surface area contributed by atoms with Crippen molar-refractivity contribution in [2.45, 2.75) is 38.1 Å². The van der Waals surface area contributed by atoms with Crippen molar-refractivity contribution in [2.75, 3.05) is 12.0 Å². The quantitative estimate of drug-likeness (QED) is 0.872. The number of hydrogen-bond donors (Lipinski definition) is 1. The van der Waals surface area contributed by atoms with Crippen LogP contribution in [0.1, 0.15) is 32.1 Å². The highest BCUT2D eigenvalue weighted by Gasteiger charge is 2.40. The summed E-state index contributed by atoms with van der Waals surface area (Å²) in [6, 6.07) is 12.0. The van der Waals surface area contributed by atoms with Gasteiger partial charge in [-0.05, 0) is 25.0 Å². The van der Waals surface area contributed by atoms with E-state index in [2.05, 4.69) is 16.6 Å². The number of carbonyl (C=O) groups excluding carboxylic acids is 1. The first-order valence-corrected chi connectivity index (χ1v) is 7.89. The average Bonchev–Trinajstić information content (AvgIpc) is 2.90. The van der Waals surface area contributed by atoms with E-state index in [1.807, 2.05) is 35.2 Å². The lowest BCUT2D eigenvalue weighted by Gasteiger charge is -2.30. The molecule has 5 heteroatoms. The van der Waals surface area contributed by atoms with E-state index in [0.29, 0.717) is 12.3 Å². The van der Waals surface area contributed by atoms with Gasteiger partial charge in [0, 0.05) is 12.6 Å². The van der Waals surface area contributed by atoms with E-state index in [4.69, 9.17) is 0 Å². The maximum atomic E-state index is 12.6. The third-order valence-corrected chi connectivity index (χ3v) is 4.44. The number of hydrogen-bond acceptors (Lipinski definition) is 4. The van der Waals surface area contributed by atoms with Crippen molar-refractivity contribution in [3.05, 3.63) is 30.3 Å². The van der Waals surface area contributed by atoms with Crippen LogP contribution in [0.2, 0.25) is 0 Å². The molecule has 1 amide bonds. The van der Waals surface area contributed by atoms with Crippen molar-refractivity contribution in [3.8, 4) is 6.07 Å². The number of rotatable bonds is 3. The molecule has 5 nitrogen and oxygen atoms in total. The fourth-order valence-electron chi connectivity index (χ4n) is 3.24. The van der Waals surface area contributed by atoms with Crippen LogP contribution < -0.4 is 5.43 Å². The minimum absolute atomic E-state index is 0.0816. The zero-order chi connectivity index (χ0) is 15.4. The van der Waals surface area contributed by atoms with E-state index in [9.17, 15) is 10.1 Å². The average molecular weight is 296 g/mol. The molecule has 1 N–H and O–H groups in total. The number of para-hydroxylation sites is 1. The molecule has 1 aromatic carbocycles. The van der Waals surface area contributed by atoms with Crippen LogP contribution in [-0.2, 0) is 4.79 Å². The normalized spacial score (nSPS) is 24.5. The summed E-state index contributed by atoms with van der Waals surface area (Å²) in [7, 11) is 0. The Bertz CT molecular complexity index is 599. The summed E-state index contributed by atoms with van der Waals surface area (Å²) < 4.78 is 0. The van der Waals surface area contributed by atoms with Gasteiger partial charge in [-0.1, -0.05) is 37.5 Å². The van der Waals surface area contributed by atoms with Gasteiger partial charge in [-0.15, -0.1) is 0 Å². The first kappa shape index (κ1) is 14.6. The summed E-state index contributed by atoms with van der Waals surface area (Å²) in [5.74, 6) is -0.521. The lowest BCUT2D eigenvalue weighted by atomic mass is 9.94. The number of amides is 1. The maximum Gasteiger partial charge on any atom is 0.271 e. The molecule has 1 heterocycles. The van der Waals surface area contributed by atoms with Gasteiger partial charge in [0.25, 0.3) is 5.91 Å². The van der Waals surface area contributed by atoms with Gasteiger partial charge in [0.15, 0.2) is 0 Å². The van der Waals surface area contributed by atoms with E-state index in [1.54, 1.807) is 0 Å². The number of nitrogens with one attached hydrogen (secondary N) is 1. The topological polar surface area (TPSA) is 68.5 Å². The second kappa shape index (κ2) is 6.61. The minimum atomic E-state index is -0.439. The van der Waals surface area contributed by atoms with Crippen LogP contribution in [0.25, 0.3) is 0 Å². The van der Waals surface area contributed by atoms with Crippen LogP contribution >= 0.6 is 0 Å². The van der Waals surface area contributed by atoms with Crippen molar-refractivity contribution in [3.63, 3.8) is 0 Å². The van der Waals surface area contributed by atoms with E-state index in [0.717, 1.165) is 18.5 Å². The Hall–Kier alpha value is -2.35. The van der Waals surface area contributed by atoms with Gasteiger partial charge in [-0.2, -0.15) is 10.4 Å². The van der Waals surface area contributed by atoms with Crippen molar-refractivity contribution in [1.29, 1.82) is 5.26 Å². The molecule has 1 saturated heterocycles. The van der Waals surface area contributed by atoms with Crippen LogP contribution in [0.3, 0.4) is 0 Å². The molecule has 1 aliphatic heterocycles. The van der Waals surface area contributed by atoms with Gasteiger partial charge in [0.1, 0.15) is 11.6 Å². The molecule has 3 rings (SSSR count). The SMILES string of the molecule is N#C[C@H]1CN(C2CCCCC2)C(=O)/C1=N\Nc1ccccc1. The summed E-state index contributed by atoms with van der Waals surface area (Å²) in [5.41, 5.74) is 4.05. The van der Waals surface area contributed by atoms with Crippen molar-refractivity contribution in [1.82, 2.24) is 4.90 Å². The standard InChI is InChI=1S/C17H20N4O/c18-11-13-12-21(15-9-5-2-6-10-15)17(22)16(13)20-19-14-7-3-1-4-8-14/h1,3-4,7-8,13,15,19H,2,5-6,9-10,12H2/b20-16-/t13-/m0/s1. The Kier molecular flexibility index (Phi) is 4.38. The molecule has 0 aromatic heterocycles. The Morgan fingerprint density at radius 1 is 1.18 bits per heavy atom. The zero-order valence-corrected chi connectivity index (χ0v) is 12.5. The third-order valence-electron chi connectivity index (χ3n) is 4.44. The molecule has 1 saturated carbocycles. The van der Waals surface area contributed by atoms with Crippen molar-refractivity contribution < 1.29 is 4.79 Å². The number of hydrazone groups is 1. The van der Waals surface area contributed by atoms with Gasteiger partial charge in [0.05, 0.1) is 11.8 Å². The van der Waals surface area contributed by atoms with Gasteiger partial charge in [-0.25, -0.2) is 0 Å². The van der Waals surface area contributed by atoms with Gasteiger partial charge in [0.2, 0.25) is 0 Å². The van der Waals surface area contributed by atoms with Crippen LogP contribution in [0.4, 0.5) is 5.69 Å². The largest absolute Gasteiger partial charge is 0.333 e.